The van der Waals surface area contributed by atoms with E-state index in [2.05, 4.69) is 30.4 Å². The number of rotatable bonds is 9. The smallest absolute Gasteiger partial charge is 0.251 e. The Morgan fingerprint density at radius 1 is 1.07 bits per heavy atom. The number of carbonyl (C=O) groups excluding carboxylic acids is 1. The second-order valence-electron chi connectivity index (χ2n) is 6.64. The van der Waals surface area contributed by atoms with Crippen molar-refractivity contribution in [2.75, 3.05) is 19.8 Å². The molecule has 0 spiro atoms. The third-order valence-corrected chi connectivity index (χ3v) is 5.66. The van der Waals surface area contributed by atoms with Crippen molar-refractivity contribution in [3.63, 3.8) is 0 Å². The molecule has 0 aromatic heterocycles. The van der Waals surface area contributed by atoms with Crippen LogP contribution in [0.1, 0.15) is 49.5 Å². The maximum atomic E-state index is 12.7. The van der Waals surface area contributed by atoms with Gasteiger partial charge in [0.25, 0.3) is 5.91 Å². The van der Waals surface area contributed by atoms with Crippen molar-refractivity contribution in [1.82, 2.24) is 5.32 Å². The fourth-order valence-electron chi connectivity index (χ4n) is 3.19. The Balaban J connectivity index is 1.82. The predicted molar refractivity (Wildman–Crippen MR) is 117 cm³/mol. The van der Waals surface area contributed by atoms with Gasteiger partial charge in [-0.3, -0.25) is 9.79 Å². The Labute approximate surface area is 176 Å². The number of amides is 1. The van der Waals surface area contributed by atoms with Crippen molar-refractivity contribution in [2.45, 2.75) is 49.7 Å². The molecule has 0 unspecified atom stereocenters. The number of carbonyl (C=O) groups is 1. The molecule has 154 valence electrons. The number of nitrogens with zero attached hydrogens (tertiary/aromatic N) is 1. The van der Waals surface area contributed by atoms with E-state index in [0.717, 1.165) is 29.1 Å². The van der Waals surface area contributed by atoms with E-state index in [9.17, 15) is 4.79 Å². The van der Waals surface area contributed by atoms with Crippen molar-refractivity contribution in [2.24, 2.45) is 4.99 Å². The van der Waals surface area contributed by atoms with Gasteiger partial charge in [0.15, 0.2) is 6.29 Å². The molecule has 0 radical (unpaired) electrons. The van der Waals surface area contributed by atoms with E-state index in [0.29, 0.717) is 25.3 Å². The molecular formula is C23H28N2O3S. The van der Waals surface area contributed by atoms with E-state index in [1.54, 1.807) is 11.8 Å². The van der Waals surface area contributed by atoms with Crippen molar-refractivity contribution >= 4 is 29.1 Å². The molecule has 2 aromatic rings. The Kier molecular flexibility index (Phi) is 7.86. The number of ether oxygens (including phenoxy) is 2. The number of nitrogens with one attached hydrogen (secondary N) is 1. The van der Waals surface area contributed by atoms with E-state index in [4.69, 9.17) is 14.5 Å². The molecular weight excluding hydrogens is 384 g/mol. The number of fused-ring (bicyclic) bond motifs is 2. The molecule has 0 fully saturated rings. The minimum atomic E-state index is -0.436. The normalized spacial score (nSPS) is 12.8. The van der Waals surface area contributed by atoms with Crippen molar-refractivity contribution in [3.8, 4) is 0 Å². The van der Waals surface area contributed by atoms with Gasteiger partial charge < -0.3 is 14.8 Å². The lowest BCUT2D eigenvalue weighted by atomic mass is 10.1. The van der Waals surface area contributed by atoms with Crippen LogP contribution in [-0.2, 0) is 9.47 Å². The summed E-state index contributed by atoms with van der Waals surface area (Å²) in [6.45, 7) is 7.34. The zero-order valence-corrected chi connectivity index (χ0v) is 18.1. The van der Waals surface area contributed by atoms with Crippen LogP contribution in [0.25, 0.3) is 0 Å². The van der Waals surface area contributed by atoms with Crippen LogP contribution in [0, 0.1) is 0 Å². The molecule has 5 nitrogen and oxygen atoms in total. The fourth-order valence-corrected chi connectivity index (χ4v) is 4.22. The van der Waals surface area contributed by atoms with E-state index < -0.39 is 6.29 Å². The molecule has 29 heavy (non-hydrogen) atoms. The van der Waals surface area contributed by atoms with Crippen LogP contribution in [0.2, 0.25) is 0 Å². The predicted octanol–water partition coefficient (Wildman–Crippen LogP) is 5.20. The number of hydrogen-bond donors (Lipinski definition) is 1. The highest BCUT2D eigenvalue weighted by molar-refractivity contribution is 7.99. The summed E-state index contributed by atoms with van der Waals surface area (Å²) in [5.74, 6) is -0.156. The van der Waals surface area contributed by atoms with E-state index in [1.807, 2.05) is 38.1 Å². The van der Waals surface area contributed by atoms with Crippen LogP contribution in [-0.4, -0.2) is 37.7 Å². The first-order valence-electron chi connectivity index (χ1n) is 10.2. The van der Waals surface area contributed by atoms with Crippen LogP contribution in [0.5, 0.6) is 0 Å². The first-order valence-corrected chi connectivity index (χ1v) is 11.0. The Bertz CT molecular complexity index is 876. The van der Waals surface area contributed by atoms with Gasteiger partial charge in [0, 0.05) is 39.8 Å². The fraction of sp³-hybridized carbons (Fsp3) is 0.391. The highest BCUT2D eigenvalue weighted by Crippen LogP contribution is 2.41. The highest BCUT2D eigenvalue weighted by atomic mass is 32.2. The van der Waals surface area contributed by atoms with Gasteiger partial charge >= 0.3 is 0 Å². The molecule has 0 atom stereocenters. The third-order valence-electron chi connectivity index (χ3n) is 4.52. The van der Waals surface area contributed by atoms with E-state index in [-0.39, 0.29) is 5.91 Å². The summed E-state index contributed by atoms with van der Waals surface area (Å²) in [6.07, 6.45) is 1.48. The van der Waals surface area contributed by atoms with Gasteiger partial charge in [-0.1, -0.05) is 43.3 Å². The van der Waals surface area contributed by atoms with Crippen LogP contribution in [0.4, 0.5) is 5.69 Å². The first kappa shape index (κ1) is 21.6. The summed E-state index contributed by atoms with van der Waals surface area (Å²) >= 11 is 1.70. The zero-order chi connectivity index (χ0) is 20.6. The molecule has 0 bridgehead atoms. The molecule has 1 amide bonds. The molecule has 1 heterocycles. The second kappa shape index (κ2) is 10.6. The topological polar surface area (TPSA) is 59.9 Å². The quantitative estimate of drug-likeness (QED) is 0.575. The maximum Gasteiger partial charge on any atom is 0.251 e. The zero-order valence-electron chi connectivity index (χ0n) is 17.2. The molecule has 0 saturated carbocycles. The summed E-state index contributed by atoms with van der Waals surface area (Å²) in [7, 11) is 0. The van der Waals surface area contributed by atoms with Gasteiger partial charge in [-0.2, -0.15) is 0 Å². The van der Waals surface area contributed by atoms with E-state index in [1.165, 1.54) is 10.5 Å². The standard InChI is InChI=1S/C23H28N2O3S/c1-4-9-18-17-10-7-8-11-20(17)29-21-13-12-16(14-19(21)25-18)23(26)24-15-22(27-5-2)28-6-3/h7-8,10-14,22H,4-6,9,15H2,1-3H3,(H,24,26). The van der Waals surface area contributed by atoms with Crippen LogP contribution < -0.4 is 5.32 Å². The Hall–Kier alpha value is -2.15. The van der Waals surface area contributed by atoms with Crippen LogP contribution >= 0.6 is 11.8 Å². The molecule has 1 aliphatic rings. The van der Waals surface area contributed by atoms with Gasteiger partial charge in [-0.05, 0) is 44.5 Å². The van der Waals surface area contributed by atoms with Crippen molar-refractivity contribution in [1.29, 1.82) is 0 Å². The van der Waals surface area contributed by atoms with Crippen molar-refractivity contribution in [3.05, 3.63) is 53.6 Å². The largest absolute Gasteiger partial charge is 0.351 e. The van der Waals surface area contributed by atoms with Gasteiger partial charge in [0.2, 0.25) is 0 Å². The van der Waals surface area contributed by atoms with Crippen LogP contribution in [0.15, 0.2) is 57.2 Å². The summed E-state index contributed by atoms with van der Waals surface area (Å²) < 4.78 is 11.0. The minimum Gasteiger partial charge on any atom is -0.351 e. The van der Waals surface area contributed by atoms with Gasteiger partial charge in [0.05, 0.1) is 12.2 Å². The lowest BCUT2D eigenvalue weighted by molar-refractivity contribution is -0.131. The molecule has 2 aromatic carbocycles. The molecule has 6 heteroatoms. The molecule has 1 aliphatic heterocycles. The second-order valence-corrected chi connectivity index (χ2v) is 7.72. The van der Waals surface area contributed by atoms with Gasteiger partial charge in [-0.15, -0.1) is 0 Å². The maximum absolute atomic E-state index is 12.7. The lowest BCUT2D eigenvalue weighted by Gasteiger charge is -2.17. The number of benzene rings is 2. The number of aliphatic imine (C=N–C) groups is 1. The number of hydrogen-bond acceptors (Lipinski definition) is 5. The summed E-state index contributed by atoms with van der Waals surface area (Å²) in [5.41, 5.74) is 3.67. The lowest BCUT2D eigenvalue weighted by Crippen LogP contribution is -2.35. The average molecular weight is 413 g/mol. The minimum absolute atomic E-state index is 0.156. The highest BCUT2D eigenvalue weighted by Gasteiger charge is 2.19. The Morgan fingerprint density at radius 3 is 2.55 bits per heavy atom. The van der Waals surface area contributed by atoms with Crippen LogP contribution in [0.3, 0.4) is 0 Å². The average Bonchev–Trinajstić information content (AvgIpc) is 2.88. The van der Waals surface area contributed by atoms with Gasteiger partial charge in [0.1, 0.15) is 0 Å². The first-order chi connectivity index (χ1) is 14.2. The SMILES string of the molecule is CCCC1=Nc2cc(C(=O)NCC(OCC)OCC)ccc2Sc2ccccc21. The van der Waals surface area contributed by atoms with Crippen molar-refractivity contribution < 1.29 is 14.3 Å². The third kappa shape index (κ3) is 5.47. The molecule has 0 saturated heterocycles. The van der Waals surface area contributed by atoms with Gasteiger partial charge in [-0.25, -0.2) is 0 Å². The summed E-state index contributed by atoms with van der Waals surface area (Å²) in [6, 6.07) is 14.0. The monoisotopic (exact) mass is 412 g/mol. The Morgan fingerprint density at radius 2 is 1.83 bits per heavy atom. The summed E-state index contributed by atoms with van der Waals surface area (Å²) in [5, 5.41) is 2.90. The molecule has 1 N–H and O–H groups in total. The molecule has 0 aliphatic carbocycles. The van der Waals surface area contributed by atoms with E-state index >= 15 is 0 Å². The summed E-state index contributed by atoms with van der Waals surface area (Å²) in [4.78, 5) is 19.9. The molecule has 3 rings (SSSR count).